The lowest BCUT2D eigenvalue weighted by Gasteiger charge is -2.32. The first-order valence-electron chi connectivity index (χ1n) is 7.45. The Balaban J connectivity index is 1.81. The molecule has 0 aromatic heterocycles. The van der Waals surface area contributed by atoms with E-state index in [2.05, 4.69) is 24.1 Å². The van der Waals surface area contributed by atoms with Gasteiger partial charge in [0, 0.05) is 18.2 Å². The largest absolute Gasteiger partial charge is 0.314 e. The number of hydrogen-bond acceptors (Lipinski definition) is 2. The molecule has 1 aliphatic heterocycles. The van der Waals surface area contributed by atoms with Gasteiger partial charge in [0.1, 0.15) is 0 Å². The van der Waals surface area contributed by atoms with Crippen LogP contribution in [0.3, 0.4) is 0 Å². The zero-order chi connectivity index (χ0) is 14.5. The maximum absolute atomic E-state index is 13.6. The van der Waals surface area contributed by atoms with Crippen molar-refractivity contribution in [2.75, 3.05) is 19.6 Å². The molecule has 0 amide bonds. The molecule has 112 valence electrons. The number of benzene rings is 1. The van der Waals surface area contributed by atoms with Crippen LogP contribution in [0.15, 0.2) is 18.2 Å². The molecule has 0 atom stereocenters. The van der Waals surface area contributed by atoms with Crippen LogP contribution >= 0.6 is 0 Å². The minimum Gasteiger partial charge on any atom is -0.314 e. The molecule has 20 heavy (non-hydrogen) atoms. The van der Waals surface area contributed by atoms with E-state index in [1.54, 1.807) is 12.1 Å². The molecule has 4 heteroatoms. The first-order valence-corrected chi connectivity index (χ1v) is 7.45. The van der Waals surface area contributed by atoms with Crippen LogP contribution < -0.4 is 5.32 Å². The molecule has 1 aromatic carbocycles. The van der Waals surface area contributed by atoms with Crippen molar-refractivity contribution in [3.8, 4) is 0 Å². The van der Waals surface area contributed by atoms with E-state index in [1.165, 1.54) is 6.07 Å². The van der Waals surface area contributed by atoms with Crippen LogP contribution in [0.1, 0.15) is 32.3 Å². The van der Waals surface area contributed by atoms with Crippen LogP contribution in [0.2, 0.25) is 0 Å². The molecule has 1 N–H and O–H groups in total. The lowest BCUT2D eigenvalue weighted by atomic mass is 9.96. The van der Waals surface area contributed by atoms with E-state index in [4.69, 9.17) is 0 Å². The summed E-state index contributed by atoms with van der Waals surface area (Å²) in [5.41, 5.74) is 0.462. The number of halogens is 2. The number of rotatable bonds is 5. The summed E-state index contributed by atoms with van der Waals surface area (Å²) in [5, 5.41) is 3.47. The Morgan fingerprint density at radius 2 is 1.95 bits per heavy atom. The lowest BCUT2D eigenvalue weighted by Crippen LogP contribution is -2.38. The van der Waals surface area contributed by atoms with Gasteiger partial charge in [-0.25, -0.2) is 8.78 Å². The molecule has 2 rings (SSSR count). The third kappa shape index (κ3) is 4.25. The van der Waals surface area contributed by atoms with E-state index >= 15 is 0 Å². The van der Waals surface area contributed by atoms with Gasteiger partial charge in [-0.15, -0.1) is 0 Å². The fourth-order valence-corrected chi connectivity index (χ4v) is 2.66. The average Bonchev–Trinajstić information content (AvgIpc) is 2.43. The molecule has 0 spiro atoms. The predicted octanol–water partition coefficient (Wildman–Crippen LogP) is 3.17. The molecule has 0 saturated carbocycles. The third-order valence-corrected chi connectivity index (χ3v) is 3.95. The smallest absolute Gasteiger partial charge is 0.163 e. The fourth-order valence-electron chi connectivity index (χ4n) is 2.66. The number of likely N-dealkylation sites (tertiary alicyclic amines) is 1. The first kappa shape index (κ1) is 15.4. The van der Waals surface area contributed by atoms with Crippen molar-refractivity contribution >= 4 is 0 Å². The molecule has 0 radical (unpaired) electrons. The van der Waals surface area contributed by atoms with Gasteiger partial charge in [0.05, 0.1) is 0 Å². The van der Waals surface area contributed by atoms with Gasteiger partial charge in [-0.05, 0) is 44.5 Å². The molecule has 1 fully saturated rings. The maximum Gasteiger partial charge on any atom is 0.163 e. The minimum atomic E-state index is -0.751. The van der Waals surface area contributed by atoms with Crippen LogP contribution in [0.4, 0.5) is 8.78 Å². The monoisotopic (exact) mass is 282 g/mol. The summed E-state index contributed by atoms with van der Waals surface area (Å²) in [6, 6.07) is 4.94. The highest BCUT2D eigenvalue weighted by Crippen LogP contribution is 2.20. The van der Waals surface area contributed by atoms with Gasteiger partial charge in [-0.3, -0.25) is 4.90 Å². The Kier molecular flexibility index (Phi) is 5.49. The van der Waals surface area contributed by atoms with Crippen molar-refractivity contribution in [1.29, 1.82) is 0 Å². The van der Waals surface area contributed by atoms with Gasteiger partial charge in [0.25, 0.3) is 0 Å². The van der Waals surface area contributed by atoms with E-state index < -0.39 is 11.6 Å². The highest BCUT2D eigenvalue weighted by atomic mass is 19.2. The summed E-state index contributed by atoms with van der Waals surface area (Å²) in [6.45, 7) is 7.79. The van der Waals surface area contributed by atoms with Crippen molar-refractivity contribution < 1.29 is 8.78 Å². The zero-order valence-electron chi connectivity index (χ0n) is 12.3. The van der Waals surface area contributed by atoms with Crippen LogP contribution in [0, 0.1) is 17.6 Å². The molecule has 1 heterocycles. The van der Waals surface area contributed by atoms with Gasteiger partial charge >= 0.3 is 0 Å². The third-order valence-electron chi connectivity index (χ3n) is 3.95. The predicted molar refractivity (Wildman–Crippen MR) is 77.5 cm³/mol. The van der Waals surface area contributed by atoms with E-state index in [-0.39, 0.29) is 0 Å². The standard InChI is InChI=1S/C16H24F2N2/c1-12(2)19-10-13-6-8-20(9-7-13)11-14-4-3-5-15(17)16(14)18/h3-5,12-13,19H,6-11H2,1-2H3. The summed E-state index contributed by atoms with van der Waals surface area (Å²) in [5.74, 6) is -0.749. The van der Waals surface area contributed by atoms with E-state index in [0.717, 1.165) is 32.5 Å². The molecule has 1 aromatic rings. The summed E-state index contributed by atoms with van der Waals surface area (Å²) in [4.78, 5) is 2.21. The molecule has 0 unspecified atom stereocenters. The van der Waals surface area contributed by atoms with E-state index in [9.17, 15) is 8.78 Å². The molecule has 1 aliphatic rings. The van der Waals surface area contributed by atoms with Gasteiger partial charge in [-0.2, -0.15) is 0 Å². The number of hydrogen-bond donors (Lipinski definition) is 1. The Bertz CT molecular complexity index is 426. The lowest BCUT2D eigenvalue weighted by molar-refractivity contribution is 0.172. The summed E-state index contributed by atoms with van der Waals surface area (Å²) in [7, 11) is 0. The SMILES string of the molecule is CC(C)NCC1CCN(Cc2cccc(F)c2F)CC1. The fraction of sp³-hybridized carbons (Fsp3) is 0.625. The van der Waals surface area contributed by atoms with Crippen LogP contribution in [0.25, 0.3) is 0 Å². The van der Waals surface area contributed by atoms with Crippen molar-refractivity contribution in [1.82, 2.24) is 10.2 Å². The Morgan fingerprint density at radius 3 is 2.60 bits per heavy atom. The Morgan fingerprint density at radius 1 is 1.25 bits per heavy atom. The number of piperidine rings is 1. The second-order valence-electron chi connectivity index (χ2n) is 6.00. The van der Waals surface area contributed by atoms with Gasteiger partial charge in [-0.1, -0.05) is 26.0 Å². The first-order chi connectivity index (χ1) is 9.56. The topological polar surface area (TPSA) is 15.3 Å². The maximum atomic E-state index is 13.6. The molecule has 1 saturated heterocycles. The summed E-state index contributed by atoms with van der Waals surface area (Å²) in [6.07, 6.45) is 2.24. The average molecular weight is 282 g/mol. The van der Waals surface area contributed by atoms with Crippen molar-refractivity contribution in [2.24, 2.45) is 5.92 Å². The second kappa shape index (κ2) is 7.14. The molecular weight excluding hydrogens is 258 g/mol. The highest BCUT2D eigenvalue weighted by molar-refractivity contribution is 5.18. The normalized spacial score (nSPS) is 17.9. The number of nitrogens with one attached hydrogen (secondary N) is 1. The highest BCUT2D eigenvalue weighted by Gasteiger charge is 2.20. The van der Waals surface area contributed by atoms with Crippen LogP contribution in [-0.2, 0) is 6.54 Å². The van der Waals surface area contributed by atoms with Crippen molar-refractivity contribution in [2.45, 2.75) is 39.3 Å². The van der Waals surface area contributed by atoms with Crippen molar-refractivity contribution in [3.05, 3.63) is 35.4 Å². The molecular formula is C16H24F2N2. The van der Waals surface area contributed by atoms with Gasteiger partial charge in [0.2, 0.25) is 0 Å². The molecule has 2 nitrogen and oxygen atoms in total. The summed E-state index contributed by atoms with van der Waals surface area (Å²) < 4.78 is 26.8. The summed E-state index contributed by atoms with van der Waals surface area (Å²) >= 11 is 0. The van der Waals surface area contributed by atoms with Crippen LogP contribution in [0.5, 0.6) is 0 Å². The number of nitrogens with zero attached hydrogens (tertiary/aromatic N) is 1. The van der Waals surface area contributed by atoms with Gasteiger partial charge in [0.15, 0.2) is 11.6 Å². The Hall–Kier alpha value is -1.00. The van der Waals surface area contributed by atoms with E-state index in [0.29, 0.717) is 24.1 Å². The van der Waals surface area contributed by atoms with E-state index in [1.807, 2.05) is 0 Å². The second-order valence-corrected chi connectivity index (χ2v) is 6.00. The van der Waals surface area contributed by atoms with Crippen LogP contribution in [-0.4, -0.2) is 30.6 Å². The van der Waals surface area contributed by atoms with Gasteiger partial charge < -0.3 is 5.32 Å². The molecule has 0 bridgehead atoms. The van der Waals surface area contributed by atoms with Crippen molar-refractivity contribution in [3.63, 3.8) is 0 Å². The quantitative estimate of drug-likeness (QED) is 0.892. The molecule has 0 aliphatic carbocycles. The minimum absolute atomic E-state index is 0.462. The Labute approximate surface area is 120 Å². The zero-order valence-corrected chi connectivity index (χ0v) is 12.3.